The molecule has 0 amide bonds. The van der Waals surface area contributed by atoms with Crippen molar-refractivity contribution in [2.75, 3.05) is 0 Å². The lowest BCUT2D eigenvalue weighted by molar-refractivity contribution is -0.364. The predicted molar refractivity (Wildman–Crippen MR) is 162 cm³/mol. The van der Waals surface area contributed by atoms with Gasteiger partial charge in [0.15, 0.2) is 30.7 Å². The van der Waals surface area contributed by atoms with Crippen molar-refractivity contribution in [3.8, 4) is 0 Å². The monoisotopic (exact) mass is 658 g/mol. The van der Waals surface area contributed by atoms with Crippen molar-refractivity contribution in [1.29, 1.82) is 0 Å². The van der Waals surface area contributed by atoms with Gasteiger partial charge in [-0.3, -0.25) is 19.2 Å². The molecule has 2 saturated heterocycles. The molecule has 10 atom stereocenters. The lowest BCUT2D eigenvalue weighted by atomic mass is 9.96. The molecule has 0 radical (unpaired) electrons. The first-order valence-electron chi connectivity index (χ1n) is 15.4. The molecule has 0 aliphatic carbocycles. The second-order valence-corrected chi connectivity index (χ2v) is 11.4. The minimum atomic E-state index is -1.43. The van der Waals surface area contributed by atoms with Crippen LogP contribution in [0.2, 0.25) is 0 Å². The Morgan fingerprint density at radius 3 is 1.45 bits per heavy atom. The SMILES string of the molecule is CC(=O)O[C@H]1O[C@H](C)[C@@H](OCc2ccccc2)[C@H](OCc2ccccc2)[C@@H]1O[C@@H]1O[C@H](C)[C@H](OC(C)=O)[C@H](OC(C)=O)[C@H]1OC(C)=O. The Balaban J connectivity index is 1.72. The van der Waals surface area contributed by atoms with Gasteiger partial charge in [0.2, 0.25) is 6.29 Å². The van der Waals surface area contributed by atoms with Crippen molar-refractivity contribution in [2.45, 2.75) is 116 Å². The Morgan fingerprint density at radius 2 is 0.936 bits per heavy atom. The van der Waals surface area contributed by atoms with Crippen LogP contribution in [0, 0.1) is 0 Å². The molecule has 0 aromatic heterocycles. The minimum absolute atomic E-state index is 0.135. The zero-order valence-corrected chi connectivity index (χ0v) is 27.3. The number of benzene rings is 2. The highest BCUT2D eigenvalue weighted by Crippen LogP contribution is 2.35. The van der Waals surface area contributed by atoms with E-state index in [9.17, 15) is 19.2 Å². The molecule has 2 fully saturated rings. The zero-order valence-electron chi connectivity index (χ0n) is 27.3. The van der Waals surface area contributed by atoms with Crippen LogP contribution in [0.5, 0.6) is 0 Å². The van der Waals surface area contributed by atoms with Gasteiger partial charge in [0.25, 0.3) is 0 Å². The molecule has 2 heterocycles. The summed E-state index contributed by atoms with van der Waals surface area (Å²) in [7, 11) is 0. The molecular formula is C34H42O13. The van der Waals surface area contributed by atoms with Crippen LogP contribution in [0.25, 0.3) is 0 Å². The van der Waals surface area contributed by atoms with E-state index in [1.165, 1.54) is 20.8 Å². The Kier molecular flexibility index (Phi) is 12.9. The van der Waals surface area contributed by atoms with Crippen molar-refractivity contribution >= 4 is 23.9 Å². The zero-order chi connectivity index (χ0) is 34.1. The largest absolute Gasteiger partial charge is 0.456 e. The molecular weight excluding hydrogens is 616 g/mol. The average molecular weight is 659 g/mol. The third-order valence-electron chi connectivity index (χ3n) is 7.50. The van der Waals surface area contributed by atoms with Crippen molar-refractivity contribution in [2.24, 2.45) is 0 Å². The third-order valence-corrected chi connectivity index (χ3v) is 7.50. The van der Waals surface area contributed by atoms with Gasteiger partial charge in [-0.1, -0.05) is 60.7 Å². The number of carbonyl (C=O) groups excluding carboxylic acids is 4. The molecule has 0 N–H and O–H groups in total. The number of rotatable bonds is 12. The van der Waals surface area contributed by atoms with E-state index < -0.39 is 85.3 Å². The maximum Gasteiger partial charge on any atom is 0.305 e. The summed E-state index contributed by atoms with van der Waals surface area (Å²) < 4.78 is 53.7. The van der Waals surface area contributed by atoms with Gasteiger partial charge >= 0.3 is 23.9 Å². The molecule has 256 valence electrons. The summed E-state index contributed by atoms with van der Waals surface area (Å²) >= 11 is 0. The number of ether oxygens (including phenoxy) is 9. The van der Waals surface area contributed by atoms with Crippen LogP contribution in [0.4, 0.5) is 0 Å². The summed E-state index contributed by atoms with van der Waals surface area (Å²) in [5.74, 6) is -2.78. The van der Waals surface area contributed by atoms with Gasteiger partial charge in [0.05, 0.1) is 25.4 Å². The quantitative estimate of drug-likeness (QED) is 0.242. The highest BCUT2D eigenvalue weighted by atomic mass is 16.8. The van der Waals surface area contributed by atoms with Gasteiger partial charge in [0.1, 0.15) is 12.2 Å². The van der Waals surface area contributed by atoms with Crippen LogP contribution >= 0.6 is 0 Å². The summed E-state index contributed by atoms with van der Waals surface area (Å²) in [4.78, 5) is 48.8. The molecule has 2 aromatic carbocycles. The normalized spacial score (nSPS) is 30.5. The fourth-order valence-corrected chi connectivity index (χ4v) is 5.56. The van der Waals surface area contributed by atoms with Crippen molar-refractivity contribution < 1.29 is 61.8 Å². The lowest BCUT2D eigenvalue weighted by Gasteiger charge is -2.48. The van der Waals surface area contributed by atoms with Gasteiger partial charge in [-0.05, 0) is 25.0 Å². The van der Waals surface area contributed by atoms with Gasteiger partial charge < -0.3 is 42.6 Å². The fraction of sp³-hybridized carbons (Fsp3) is 0.529. The number of carbonyl (C=O) groups is 4. The van der Waals surface area contributed by atoms with Gasteiger partial charge in [-0.25, -0.2) is 0 Å². The second kappa shape index (κ2) is 16.8. The number of esters is 4. The summed E-state index contributed by atoms with van der Waals surface area (Å²) in [5.41, 5.74) is 1.76. The molecule has 13 nitrogen and oxygen atoms in total. The van der Waals surface area contributed by atoms with Crippen LogP contribution in [-0.4, -0.2) is 85.3 Å². The van der Waals surface area contributed by atoms with Crippen LogP contribution in [-0.2, 0) is 75.0 Å². The molecule has 0 saturated carbocycles. The van der Waals surface area contributed by atoms with Crippen molar-refractivity contribution in [3.05, 3.63) is 71.8 Å². The molecule has 13 heteroatoms. The van der Waals surface area contributed by atoms with E-state index in [2.05, 4.69) is 0 Å². The standard InChI is InChI=1S/C34H42O13/c1-19-27(39-17-25-13-9-7-10-14-25)29(40-18-26-15-11-8-12-16-26)31(33(41-19)46-24(6)38)47-34-32(45-23(5)37)30(44-22(4)36)28(20(2)42-34)43-21(3)35/h7-16,19-20,27-34H,17-18H2,1-6H3/t19-,20-,27-,28+,29+,30+,31+,32-,33-,34+/m1/s1. The molecule has 2 aliphatic heterocycles. The van der Waals surface area contributed by atoms with E-state index in [0.29, 0.717) is 0 Å². The van der Waals surface area contributed by atoms with Crippen LogP contribution in [0.1, 0.15) is 52.7 Å². The van der Waals surface area contributed by atoms with Crippen molar-refractivity contribution in [3.63, 3.8) is 0 Å². The average Bonchev–Trinajstić information content (AvgIpc) is 3.00. The Labute approximate surface area is 273 Å². The van der Waals surface area contributed by atoms with E-state index in [4.69, 9.17) is 42.6 Å². The Bertz CT molecular complexity index is 1340. The smallest absolute Gasteiger partial charge is 0.305 e. The minimum Gasteiger partial charge on any atom is -0.456 e. The first-order chi connectivity index (χ1) is 22.4. The topological polar surface area (TPSA) is 151 Å². The first kappa shape index (κ1) is 36.0. The first-order valence-corrected chi connectivity index (χ1v) is 15.4. The van der Waals surface area contributed by atoms with E-state index >= 15 is 0 Å². The van der Waals surface area contributed by atoms with E-state index in [-0.39, 0.29) is 13.2 Å². The number of hydrogen-bond acceptors (Lipinski definition) is 13. The van der Waals surface area contributed by atoms with E-state index in [1.807, 2.05) is 60.7 Å². The molecule has 0 bridgehead atoms. The summed E-state index contributed by atoms with van der Waals surface area (Å²) in [6.45, 7) is 8.44. The molecule has 47 heavy (non-hydrogen) atoms. The molecule has 2 aliphatic rings. The molecule has 2 aromatic rings. The Morgan fingerprint density at radius 1 is 0.511 bits per heavy atom. The molecule has 0 unspecified atom stereocenters. The van der Waals surface area contributed by atoms with Gasteiger partial charge in [-0.2, -0.15) is 0 Å². The highest BCUT2D eigenvalue weighted by Gasteiger charge is 2.55. The summed E-state index contributed by atoms with van der Waals surface area (Å²) in [6, 6.07) is 18.9. The van der Waals surface area contributed by atoms with E-state index in [1.54, 1.807) is 13.8 Å². The third kappa shape index (κ3) is 10.1. The van der Waals surface area contributed by atoms with Gasteiger partial charge in [0, 0.05) is 27.7 Å². The lowest BCUT2D eigenvalue weighted by Crippen LogP contribution is -2.65. The van der Waals surface area contributed by atoms with E-state index in [0.717, 1.165) is 18.1 Å². The maximum atomic E-state index is 12.3. The Hall–Kier alpha value is -3.88. The molecule has 4 rings (SSSR count). The maximum absolute atomic E-state index is 12.3. The van der Waals surface area contributed by atoms with Crippen LogP contribution in [0.15, 0.2) is 60.7 Å². The number of hydrogen-bond donors (Lipinski definition) is 0. The van der Waals surface area contributed by atoms with Crippen molar-refractivity contribution in [1.82, 2.24) is 0 Å². The predicted octanol–water partition coefficient (Wildman–Crippen LogP) is 3.39. The fourth-order valence-electron chi connectivity index (χ4n) is 5.56. The highest BCUT2D eigenvalue weighted by molar-refractivity contribution is 5.68. The molecule has 0 spiro atoms. The summed E-state index contributed by atoms with van der Waals surface area (Å²) in [5, 5.41) is 0. The van der Waals surface area contributed by atoms with Gasteiger partial charge in [-0.15, -0.1) is 0 Å². The summed E-state index contributed by atoms with van der Waals surface area (Å²) in [6.07, 6.45) is -11.0. The van der Waals surface area contributed by atoms with Crippen LogP contribution in [0.3, 0.4) is 0 Å². The van der Waals surface area contributed by atoms with Crippen LogP contribution < -0.4 is 0 Å². The second-order valence-electron chi connectivity index (χ2n) is 11.4.